The molecule has 0 bridgehead atoms. The van der Waals surface area contributed by atoms with Gasteiger partial charge in [-0.05, 0) is 72.7 Å². The zero-order valence-corrected chi connectivity index (χ0v) is 21.2. The van der Waals surface area contributed by atoms with Gasteiger partial charge in [-0.25, -0.2) is 18.4 Å². The van der Waals surface area contributed by atoms with Gasteiger partial charge in [0, 0.05) is 18.4 Å². The fourth-order valence-electron chi connectivity index (χ4n) is 4.27. The molecule has 1 heterocycles. The Morgan fingerprint density at radius 3 is 2.77 bits per heavy atom. The number of halogens is 1. The number of rotatable bonds is 8. The molecule has 0 saturated carbocycles. The van der Waals surface area contributed by atoms with Crippen LogP contribution in [0.15, 0.2) is 47.8 Å². The molecular weight excluding hydrogens is 486 g/mol. The average molecular weight is 512 g/mol. The summed E-state index contributed by atoms with van der Waals surface area (Å²) in [6.07, 6.45) is 6.20. The van der Waals surface area contributed by atoms with Crippen molar-refractivity contribution in [3.05, 3.63) is 75.6 Å². The van der Waals surface area contributed by atoms with E-state index in [1.165, 1.54) is 17.3 Å². The highest BCUT2D eigenvalue weighted by molar-refractivity contribution is 7.90. The largest absolute Gasteiger partial charge is 0.491 e. The molecule has 0 aliphatic heterocycles. The van der Waals surface area contributed by atoms with E-state index in [1.807, 2.05) is 31.2 Å². The van der Waals surface area contributed by atoms with Crippen molar-refractivity contribution in [2.45, 2.75) is 50.3 Å². The normalized spacial score (nSPS) is 15.2. The predicted molar refractivity (Wildman–Crippen MR) is 133 cm³/mol. The van der Waals surface area contributed by atoms with Crippen LogP contribution in [-0.4, -0.2) is 31.2 Å². The van der Waals surface area contributed by atoms with Crippen LogP contribution in [0.5, 0.6) is 11.5 Å². The van der Waals surface area contributed by atoms with Crippen LogP contribution in [0, 0.1) is 11.3 Å². The Balaban J connectivity index is 1.56. The molecule has 1 atom stereocenters. The quantitative estimate of drug-likeness (QED) is 0.381. The van der Waals surface area contributed by atoms with Crippen LogP contribution in [0.1, 0.15) is 60.1 Å². The minimum atomic E-state index is -3.48. The Bertz CT molecular complexity index is 1390. The van der Waals surface area contributed by atoms with Crippen LogP contribution in [0.4, 0.5) is 0 Å². The van der Waals surface area contributed by atoms with Crippen LogP contribution in [-0.2, 0) is 22.9 Å². The molecule has 182 valence electrons. The van der Waals surface area contributed by atoms with E-state index in [9.17, 15) is 13.7 Å². The molecule has 0 amide bonds. The number of nitrogens with zero attached hydrogens (tertiary/aromatic N) is 3. The second-order valence-corrected chi connectivity index (χ2v) is 10.9. The molecule has 2 aromatic carbocycles. The van der Waals surface area contributed by atoms with Crippen LogP contribution >= 0.6 is 11.6 Å². The summed E-state index contributed by atoms with van der Waals surface area (Å²) in [5, 5.41) is 9.91. The summed E-state index contributed by atoms with van der Waals surface area (Å²) in [5.41, 5.74) is 4.30. The monoisotopic (exact) mass is 511 g/mol. The van der Waals surface area contributed by atoms with E-state index in [-0.39, 0.29) is 17.7 Å². The van der Waals surface area contributed by atoms with Crippen molar-refractivity contribution in [2.24, 2.45) is 0 Å². The molecular formula is C26H26ClN3O4S. The van der Waals surface area contributed by atoms with E-state index in [4.69, 9.17) is 21.1 Å². The third-order valence-electron chi connectivity index (χ3n) is 5.88. The Labute approximate surface area is 210 Å². The van der Waals surface area contributed by atoms with Crippen LogP contribution in [0.25, 0.3) is 0 Å². The molecule has 4 rings (SSSR count). The summed E-state index contributed by atoms with van der Waals surface area (Å²) in [7, 11) is -3.48. The molecule has 1 aliphatic carbocycles. The lowest BCUT2D eigenvalue weighted by molar-refractivity contribution is 0.299. The van der Waals surface area contributed by atoms with Crippen molar-refractivity contribution in [2.75, 3.05) is 12.9 Å². The van der Waals surface area contributed by atoms with Gasteiger partial charge in [0.1, 0.15) is 18.4 Å². The Hall–Kier alpha value is -3.15. The molecule has 0 N–H and O–H groups in total. The van der Waals surface area contributed by atoms with Crippen molar-refractivity contribution in [3.63, 3.8) is 0 Å². The van der Waals surface area contributed by atoms with E-state index in [0.29, 0.717) is 34.4 Å². The Kier molecular flexibility index (Phi) is 7.58. The molecule has 1 aromatic heterocycles. The number of fused-ring (bicyclic) bond motifs is 1. The maximum Gasteiger partial charge on any atom is 0.247 e. The first-order valence-electron chi connectivity index (χ1n) is 11.4. The van der Waals surface area contributed by atoms with Crippen molar-refractivity contribution >= 4 is 21.4 Å². The summed E-state index contributed by atoms with van der Waals surface area (Å²) in [4.78, 5) is 7.88. The number of ether oxygens (including phenoxy) is 2. The van der Waals surface area contributed by atoms with Gasteiger partial charge in [-0.15, -0.1) is 0 Å². The predicted octanol–water partition coefficient (Wildman–Crippen LogP) is 5.24. The molecule has 3 aromatic rings. The molecule has 0 radical (unpaired) electrons. The number of aryl methyl sites for hydroxylation is 1. The molecule has 1 aliphatic rings. The Morgan fingerprint density at radius 2 is 2.03 bits per heavy atom. The number of aromatic nitrogens is 2. The van der Waals surface area contributed by atoms with E-state index in [2.05, 4.69) is 22.1 Å². The standard InChI is InChI=1S/C26H26ClN3O4S/c1-3-11-33-25-19(15-28)12-18(14-24(25)27)22-6-4-5-17-13-21(7-8-23(17)22)34-16-20-9-10-29-26(30-20)35(2,31)32/h7-10,12-14,22H,3-6,11,16H2,1-2H3. The van der Waals surface area contributed by atoms with Crippen molar-refractivity contribution in [3.8, 4) is 17.6 Å². The smallest absolute Gasteiger partial charge is 0.247 e. The van der Waals surface area contributed by atoms with E-state index >= 15 is 0 Å². The number of benzene rings is 2. The lowest BCUT2D eigenvalue weighted by atomic mass is 9.78. The molecule has 9 heteroatoms. The molecule has 1 unspecified atom stereocenters. The van der Waals surface area contributed by atoms with Gasteiger partial charge in [0.25, 0.3) is 0 Å². The zero-order valence-electron chi connectivity index (χ0n) is 19.6. The maximum absolute atomic E-state index is 11.7. The van der Waals surface area contributed by atoms with E-state index < -0.39 is 9.84 Å². The first kappa shape index (κ1) is 25.0. The first-order chi connectivity index (χ1) is 16.8. The van der Waals surface area contributed by atoms with Gasteiger partial charge >= 0.3 is 0 Å². The maximum atomic E-state index is 11.7. The second kappa shape index (κ2) is 10.6. The second-order valence-electron chi connectivity index (χ2n) is 8.54. The highest BCUT2D eigenvalue weighted by Gasteiger charge is 2.24. The van der Waals surface area contributed by atoms with Crippen LogP contribution in [0.3, 0.4) is 0 Å². The SMILES string of the molecule is CCCOc1c(Cl)cc(C2CCCc3cc(OCc4ccnc(S(C)(=O)=O)n4)ccc32)cc1C#N. The number of hydrogen-bond acceptors (Lipinski definition) is 7. The molecule has 0 fully saturated rings. The highest BCUT2D eigenvalue weighted by atomic mass is 35.5. The van der Waals surface area contributed by atoms with Crippen LogP contribution in [0.2, 0.25) is 5.02 Å². The lowest BCUT2D eigenvalue weighted by Crippen LogP contribution is -2.12. The topological polar surface area (TPSA) is 102 Å². The van der Waals surface area contributed by atoms with Gasteiger partial charge < -0.3 is 9.47 Å². The minimum Gasteiger partial charge on any atom is -0.491 e. The highest BCUT2D eigenvalue weighted by Crippen LogP contribution is 2.41. The van der Waals surface area contributed by atoms with E-state index in [0.717, 1.165) is 37.5 Å². The van der Waals surface area contributed by atoms with Crippen molar-refractivity contribution < 1.29 is 17.9 Å². The van der Waals surface area contributed by atoms with E-state index in [1.54, 1.807) is 6.07 Å². The molecule has 0 spiro atoms. The summed E-state index contributed by atoms with van der Waals surface area (Å²) in [5.74, 6) is 1.25. The third-order valence-corrected chi connectivity index (χ3v) is 7.02. The summed E-state index contributed by atoms with van der Waals surface area (Å²) >= 11 is 6.52. The van der Waals surface area contributed by atoms with Crippen molar-refractivity contribution in [1.29, 1.82) is 5.26 Å². The zero-order chi connectivity index (χ0) is 25.0. The third kappa shape index (κ3) is 5.75. The number of nitriles is 1. The fourth-order valence-corrected chi connectivity index (χ4v) is 5.09. The summed E-state index contributed by atoms with van der Waals surface area (Å²) in [6.45, 7) is 2.65. The first-order valence-corrected chi connectivity index (χ1v) is 13.7. The molecule has 0 saturated heterocycles. The van der Waals surface area contributed by atoms with Crippen LogP contribution < -0.4 is 9.47 Å². The molecule has 7 nitrogen and oxygen atoms in total. The minimum absolute atomic E-state index is 0.122. The lowest BCUT2D eigenvalue weighted by Gasteiger charge is -2.27. The van der Waals surface area contributed by atoms with Gasteiger partial charge in [0.15, 0.2) is 5.75 Å². The van der Waals surface area contributed by atoms with Gasteiger partial charge in [0.2, 0.25) is 15.0 Å². The van der Waals surface area contributed by atoms with Gasteiger partial charge in [0.05, 0.1) is 22.9 Å². The average Bonchev–Trinajstić information content (AvgIpc) is 2.85. The van der Waals surface area contributed by atoms with Gasteiger partial charge in [-0.1, -0.05) is 24.6 Å². The fraction of sp³-hybridized carbons (Fsp3) is 0.346. The summed E-state index contributed by atoms with van der Waals surface area (Å²) in [6, 6.07) is 13.6. The van der Waals surface area contributed by atoms with Gasteiger partial charge in [-0.2, -0.15) is 5.26 Å². The molecule has 35 heavy (non-hydrogen) atoms. The van der Waals surface area contributed by atoms with Gasteiger partial charge in [-0.3, -0.25) is 0 Å². The number of sulfone groups is 1. The Morgan fingerprint density at radius 1 is 1.20 bits per heavy atom. The number of hydrogen-bond donors (Lipinski definition) is 0. The van der Waals surface area contributed by atoms with Crippen molar-refractivity contribution in [1.82, 2.24) is 9.97 Å². The summed E-state index contributed by atoms with van der Waals surface area (Å²) < 4.78 is 35.0.